The van der Waals surface area contributed by atoms with Crippen molar-refractivity contribution in [2.24, 2.45) is 5.92 Å². The fourth-order valence-electron chi connectivity index (χ4n) is 3.05. The first kappa shape index (κ1) is 18.4. The Kier molecular flexibility index (Phi) is 5.21. The number of hydrogen-bond acceptors (Lipinski definition) is 1. The highest BCUT2D eigenvalue weighted by Gasteiger charge is 2.34. The number of benzene rings is 2. The SMILES string of the molecule is CC1CCC(c2ccc(-c3cc(F)c(C(F)(F)Br)c(F)c3)cc2)OC1. The van der Waals surface area contributed by atoms with Gasteiger partial charge >= 0.3 is 4.83 Å². The van der Waals surface area contributed by atoms with E-state index in [1.54, 1.807) is 12.1 Å². The summed E-state index contributed by atoms with van der Waals surface area (Å²) >= 11 is 2.00. The molecular weight excluding hydrogens is 400 g/mol. The zero-order valence-electron chi connectivity index (χ0n) is 13.5. The van der Waals surface area contributed by atoms with Crippen LogP contribution in [0.15, 0.2) is 36.4 Å². The second-order valence-corrected chi connectivity index (χ2v) is 7.44. The number of ether oxygens (including phenoxy) is 1. The molecule has 0 radical (unpaired) electrons. The van der Waals surface area contributed by atoms with Crippen LogP contribution >= 0.6 is 15.9 Å². The second kappa shape index (κ2) is 7.08. The lowest BCUT2D eigenvalue weighted by atomic mass is 9.94. The van der Waals surface area contributed by atoms with E-state index in [1.165, 1.54) is 0 Å². The van der Waals surface area contributed by atoms with Gasteiger partial charge in [-0.25, -0.2) is 8.78 Å². The van der Waals surface area contributed by atoms with E-state index < -0.39 is 22.0 Å². The molecule has 1 aliphatic heterocycles. The predicted octanol–water partition coefficient (Wildman–Crippen LogP) is 6.56. The average molecular weight is 417 g/mol. The molecule has 25 heavy (non-hydrogen) atoms. The molecule has 2 unspecified atom stereocenters. The lowest BCUT2D eigenvalue weighted by molar-refractivity contribution is -0.0123. The summed E-state index contributed by atoms with van der Waals surface area (Å²) in [4.78, 5) is -3.75. The third kappa shape index (κ3) is 4.06. The Morgan fingerprint density at radius 3 is 2.08 bits per heavy atom. The van der Waals surface area contributed by atoms with Crippen LogP contribution in [0.1, 0.15) is 37.0 Å². The standard InChI is InChI=1S/C19H17BrF4O/c1-11-2-7-17(25-10-11)13-5-3-12(4-6-13)14-8-15(21)18(16(22)9-14)19(20,23)24/h3-6,8-9,11,17H,2,7,10H2,1H3. The third-order valence-electron chi connectivity index (χ3n) is 4.44. The number of hydrogen-bond donors (Lipinski definition) is 0. The lowest BCUT2D eigenvalue weighted by Crippen LogP contribution is -2.18. The highest BCUT2D eigenvalue weighted by Crippen LogP contribution is 2.39. The Labute approximate surface area is 152 Å². The minimum atomic E-state index is -3.75. The molecule has 2 atom stereocenters. The molecule has 0 saturated carbocycles. The van der Waals surface area contributed by atoms with Crippen molar-refractivity contribution in [2.45, 2.75) is 30.7 Å². The maximum atomic E-state index is 13.9. The smallest absolute Gasteiger partial charge is 0.332 e. The van der Waals surface area contributed by atoms with Gasteiger partial charge in [0.05, 0.1) is 6.10 Å². The van der Waals surface area contributed by atoms with Crippen molar-refractivity contribution in [3.63, 3.8) is 0 Å². The van der Waals surface area contributed by atoms with Crippen molar-refractivity contribution in [1.29, 1.82) is 0 Å². The van der Waals surface area contributed by atoms with E-state index in [0.29, 0.717) is 18.1 Å². The molecule has 1 heterocycles. The van der Waals surface area contributed by atoms with Crippen molar-refractivity contribution < 1.29 is 22.3 Å². The molecule has 134 valence electrons. The zero-order chi connectivity index (χ0) is 18.2. The second-order valence-electron chi connectivity index (χ2n) is 6.44. The van der Waals surface area contributed by atoms with E-state index in [9.17, 15) is 17.6 Å². The number of rotatable bonds is 3. The van der Waals surface area contributed by atoms with E-state index in [-0.39, 0.29) is 11.7 Å². The summed E-state index contributed by atoms with van der Waals surface area (Å²) in [6.45, 7) is 2.85. The summed E-state index contributed by atoms with van der Waals surface area (Å²) in [5, 5.41) is 0. The zero-order valence-corrected chi connectivity index (χ0v) is 15.1. The molecule has 2 aromatic carbocycles. The van der Waals surface area contributed by atoms with Gasteiger partial charge in [-0.2, -0.15) is 8.78 Å². The summed E-state index contributed by atoms with van der Waals surface area (Å²) in [7, 11) is 0. The molecule has 1 saturated heterocycles. The number of alkyl halides is 3. The van der Waals surface area contributed by atoms with Crippen LogP contribution in [-0.2, 0) is 9.57 Å². The Hall–Kier alpha value is -1.40. The summed E-state index contributed by atoms with van der Waals surface area (Å²) in [6.07, 6.45) is 2.04. The van der Waals surface area contributed by atoms with Gasteiger partial charge in [-0.15, -0.1) is 0 Å². The third-order valence-corrected chi connectivity index (χ3v) is 4.84. The average Bonchev–Trinajstić information content (AvgIpc) is 2.54. The first-order valence-electron chi connectivity index (χ1n) is 8.04. The molecule has 1 aliphatic rings. The molecule has 0 N–H and O–H groups in total. The first-order valence-corrected chi connectivity index (χ1v) is 8.83. The van der Waals surface area contributed by atoms with Crippen LogP contribution < -0.4 is 0 Å². The van der Waals surface area contributed by atoms with Crippen molar-refractivity contribution in [1.82, 2.24) is 0 Å². The van der Waals surface area contributed by atoms with E-state index in [1.807, 2.05) is 28.1 Å². The van der Waals surface area contributed by atoms with Crippen LogP contribution in [0.2, 0.25) is 0 Å². The van der Waals surface area contributed by atoms with Crippen molar-refractivity contribution in [3.05, 3.63) is 59.2 Å². The topological polar surface area (TPSA) is 9.23 Å². The van der Waals surface area contributed by atoms with Gasteiger partial charge in [0.1, 0.15) is 17.2 Å². The fourth-order valence-corrected chi connectivity index (χ4v) is 3.43. The molecule has 0 spiro atoms. The Morgan fingerprint density at radius 2 is 1.60 bits per heavy atom. The molecule has 0 bridgehead atoms. The number of halogens is 5. The van der Waals surface area contributed by atoms with Gasteiger partial charge in [0.25, 0.3) is 0 Å². The van der Waals surface area contributed by atoms with Crippen LogP contribution in [0.25, 0.3) is 11.1 Å². The molecule has 0 amide bonds. The van der Waals surface area contributed by atoms with Gasteiger partial charge in [-0.05, 0) is 63.5 Å². The maximum Gasteiger partial charge on any atom is 0.332 e. The van der Waals surface area contributed by atoms with Crippen molar-refractivity contribution in [3.8, 4) is 11.1 Å². The van der Waals surface area contributed by atoms with Crippen LogP contribution in [0.3, 0.4) is 0 Å². The van der Waals surface area contributed by atoms with Crippen molar-refractivity contribution >= 4 is 15.9 Å². The normalized spacial score (nSPS) is 21.4. The lowest BCUT2D eigenvalue weighted by Gasteiger charge is -2.27. The molecule has 1 fully saturated rings. The summed E-state index contributed by atoms with van der Waals surface area (Å²) in [5.41, 5.74) is 0.480. The maximum absolute atomic E-state index is 13.9. The highest BCUT2D eigenvalue weighted by molar-refractivity contribution is 9.09. The Morgan fingerprint density at radius 1 is 1.00 bits per heavy atom. The van der Waals surface area contributed by atoms with Gasteiger partial charge in [-0.3, -0.25) is 0 Å². The summed E-state index contributed by atoms with van der Waals surface area (Å²) in [6, 6.07) is 8.97. The van der Waals surface area contributed by atoms with Crippen LogP contribution in [0, 0.1) is 17.6 Å². The van der Waals surface area contributed by atoms with E-state index >= 15 is 0 Å². The summed E-state index contributed by atoms with van der Waals surface area (Å²) in [5.74, 6) is -2.02. The molecule has 2 aromatic rings. The molecule has 1 nitrogen and oxygen atoms in total. The molecule has 6 heteroatoms. The first-order chi connectivity index (χ1) is 11.8. The highest BCUT2D eigenvalue weighted by atomic mass is 79.9. The minimum absolute atomic E-state index is 0.0215. The molecular formula is C19H17BrF4O. The fraction of sp³-hybridized carbons (Fsp3) is 0.368. The molecule has 0 aliphatic carbocycles. The van der Waals surface area contributed by atoms with E-state index in [2.05, 4.69) is 6.92 Å². The van der Waals surface area contributed by atoms with E-state index in [0.717, 1.165) is 30.5 Å². The summed E-state index contributed by atoms with van der Waals surface area (Å²) < 4.78 is 60.1. The van der Waals surface area contributed by atoms with Crippen LogP contribution in [0.4, 0.5) is 17.6 Å². The predicted molar refractivity (Wildman–Crippen MR) is 91.7 cm³/mol. The monoisotopic (exact) mass is 416 g/mol. The minimum Gasteiger partial charge on any atom is -0.373 e. The van der Waals surface area contributed by atoms with Gasteiger partial charge in [0, 0.05) is 6.61 Å². The van der Waals surface area contributed by atoms with E-state index in [4.69, 9.17) is 4.74 Å². The Balaban J connectivity index is 1.85. The molecule has 0 aromatic heterocycles. The van der Waals surface area contributed by atoms with Crippen LogP contribution in [0.5, 0.6) is 0 Å². The van der Waals surface area contributed by atoms with Crippen molar-refractivity contribution in [2.75, 3.05) is 6.61 Å². The largest absolute Gasteiger partial charge is 0.373 e. The molecule has 3 rings (SSSR count). The van der Waals surface area contributed by atoms with Crippen LogP contribution in [-0.4, -0.2) is 6.61 Å². The quantitative estimate of drug-likeness (QED) is 0.406. The van der Waals surface area contributed by atoms with Gasteiger partial charge in [0.15, 0.2) is 0 Å². The van der Waals surface area contributed by atoms with Gasteiger partial charge in [-0.1, -0.05) is 31.2 Å². The van der Waals surface area contributed by atoms with Gasteiger partial charge in [0.2, 0.25) is 0 Å². The Bertz CT molecular complexity index is 724. The van der Waals surface area contributed by atoms with Gasteiger partial charge < -0.3 is 4.74 Å².